The van der Waals surface area contributed by atoms with Crippen molar-refractivity contribution in [3.8, 4) is 0 Å². The maximum atomic E-state index is 12.9. The molecule has 1 aliphatic rings. The maximum absolute atomic E-state index is 12.9. The number of unbranched alkanes of at least 4 members (excludes halogenated alkanes) is 1. The van der Waals surface area contributed by atoms with Gasteiger partial charge in [-0.3, -0.25) is 24.1 Å². The minimum Gasteiger partial charge on any atom is -0.341 e. The summed E-state index contributed by atoms with van der Waals surface area (Å²) in [5, 5.41) is 0. The second-order valence-electron chi connectivity index (χ2n) is 7.67. The van der Waals surface area contributed by atoms with Gasteiger partial charge >= 0.3 is 0 Å². The molecule has 156 valence electrons. The third kappa shape index (κ3) is 4.32. The van der Waals surface area contributed by atoms with Gasteiger partial charge in [-0.1, -0.05) is 50.1 Å². The number of imide groups is 1. The second kappa shape index (κ2) is 9.48. The maximum Gasteiger partial charge on any atom is 0.261 e. The van der Waals surface area contributed by atoms with Crippen LogP contribution in [0.2, 0.25) is 0 Å². The van der Waals surface area contributed by atoms with Crippen molar-refractivity contribution in [2.24, 2.45) is 5.92 Å². The Morgan fingerprint density at radius 3 is 2.23 bits per heavy atom. The SMILES string of the molecule is CCCCC(CN(C)C(=O)c1ccccc1C=O)CN1C(=O)c2ccccc2C1=O. The average Bonchev–Trinajstić information content (AvgIpc) is 3.01. The molecule has 0 aromatic heterocycles. The number of benzene rings is 2. The lowest BCUT2D eigenvalue weighted by atomic mass is 10.00. The van der Waals surface area contributed by atoms with Gasteiger partial charge in [0.05, 0.1) is 16.7 Å². The summed E-state index contributed by atoms with van der Waals surface area (Å²) in [5.41, 5.74) is 1.56. The summed E-state index contributed by atoms with van der Waals surface area (Å²) in [5.74, 6) is -0.860. The highest BCUT2D eigenvalue weighted by Crippen LogP contribution is 2.25. The Morgan fingerprint density at radius 1 is 1.03 bits per heavy atom. The summed E-state index contributed by atoms with van der Waals surface area (Å²) in [7, 11) is 1.69. The molecular formula is C24H26N2O4. The standard InChI is InChI=1S/C24H26N2O4/c1-3-4-9-17(14-25(2)22(28)19-11-6-5-10-18(19)16-27)15-26-23(29)20-12-7-8-13-21(20)24(26)30/h5-8,10-13,16-17H,3-4,9,14-15H2,1-2H3. The molecule has 0 saturated heterocycles. The summed E-state index contributed by atoms with van der Waals surface area (Å²) in [4.78, 5) is 52.5. The quantitative estimate of drug-likeness (QED) is 0.470. The number of carbonyl (C=O) groups is 4. The van der Waals surface area contributed by atoms with Crippen molar-refractivity contribution in [2.75, 3.05) is 20.1 Å². The molecule has 6 nitrogen and oxygen atoms in total. The summed E-state index contributed by atoms with van der Waals surface area (Å²) >= 11 is 0. The van der Waals surface area contributed by atoms with Crippen LogP contribution in [0.25, 0.3) is 0 Å². The van der Waals surface area contributed by atoms with Gasteiger partial charge in [-0.15, -0.1) is 0 Å². The first-order valence-electron chi connectivity index (χ1n) is 10.2. The van der Waals surface area contributed by atoms with Gasteiger partial charge in [0.1, 0.15) is 0 Å². The molecule has 0 radical (unpaired) electrons. The van der Waals surface area contributed by atoms with Gasteiger partial charge in [0.2, 0.25) is 0 Å². The van der Waals surface area contributed by atoms with Crippen LogP contribution in [0.4, 0.5) is 0 Å². The molecular weight excluding hydrogens is 380 g/mol. The predicted octanol–water partition coefficient (Wildman–Crippen LogP) is 3.67. The lowest BCUT2D eigenvalue weighted by Crippen LogP contribution is -2.40. The molecule has 3 rings (SSSR count). The van der Waals surface area contributed by atoms with E-state index in [2.05, 4.69) is 6.92 Å². The van der Waals surface area contributed by atoms with Crippen LogP contribution in [0.3, 0.4) is 0 Å². The Bertz CT molecular complexity index is 934. The monoisotopic (exact) mass is 406 g/mol. The third-order valence-electron chi connectivity index (χ3n) is 5.48. The fraction of sp³-hybridized carbons (Fsp3) is 0.333. The van der Waals surface area contributed by atoms with E-state index < -0.39 is 0 Å². The molecule has 2 aromatic carbocycles. The van der Waals surface area contributed by atoms with Gasteiger partial charge in [-0.05, 0) is 30.5 Å². The van der Waals surface area contributed by atoms with Crippen molar-refractivity contribution in [3.05, 3.63) is 70.8 Å². The van der Waals surface area contributed by atoms with Crippen LogP contribution in [-0.4, -0.2) is 53.9 Å². The molecule has 30 heavy (non-hydrogen) atoms. The van der Waals surface area contributed by atoms with Crippen LogP contribution in [0.1, 0.15) is 67.6 Å². The zero-order chi connectivity index (χ0) is 21.7. The normalized spacial score (nSPS) is 13.9. The zero-order valence-corrected chi connectivity index (χ0v) is 17.3. The highest BCUT2D eigenvalue weighted by atomic mass is 16.2. The van der Waals surface area contributed by atoms with Crippen molar-refractivity contribution >= 4 is 24.0 Å². The number of aldehydes is 1. The van der Waals surface area contributed by atoms with E-state index in [0.29, 0.717) is 35.1 Å². The number of amides is 3. The number of fused-ring (bicyclic) bond motifs is 1. The number of nitrogens with zero attached hydrogens (tertiary/aromatic N) is 2. The smallest absolute Gasteiger partial charge is 0.261 e. The Balaban J connectivity index is 1.75. The Labute approximate surface area is 176 Å². The molecule has 1 heterocycles. The number of hydrogen-bond donors (Lipinski definition) is 0. The molecule has 1 unspecified atom stereocenters. The van der Waals surface area contributed by atoms with Crippen LogP contribution < -0.4 is 0 Å². The van der Waals surface area contributed by atoms with Crippen molar-refractivity contribution in [1.29, 1.82) is 0 Å². The Morgan fingerprint density at radius 2 is 1.63 bits per heavy atom. The summed E-state index contributed by atoms with van der Waals surface area (Å²) in [6.07, 6.45) is 3.37. The highest BCUT2D eigenvalue weighted by molar-refractivity contribution is 6.21. The lowest BCUT2D eigenvalue weighted by Gasteiger charge is -2.27. The van der Waals surface area contributed by atoms with E-state index in [4.69, 9.17) is 0 Å². The molecule has 0 aliphatic carbocycles. The first kappa shape index (κ1) is 21.4. The van der Waals surface area contributed by atoms with Gasteiger partial charge in [-0.25, -0.2) is 0 Å². The third-order valence-corrected chi connectivity index (χ3v) is 5.48. The molecule has 1 aliphatic heterocycles. The molecule has 0 bridgehead atoms. The second-order valence-corrected chi connectivity index (χ2v) is 7.67. The topological polar surface area (TPSA) is 74.8 Å². The van der Waals surface area contributed by atoms with Gasteiger partial charge in [0.25, 0.3) is 17.7 Å². The van der Waals surface area contributed by atoms with Crippen molar-refractivity contribution in [2.45, 2.75) is 26.2 Å². The number of carbonyl (C=O) groups excluding carboxylic acids is 4. The first-order chi connectivity index (χ1) is 14.5. The largest absolute Gasteiger partial charge is 0.341 e. The van der Waals surface area contributed by atoms with Gasteiger partial charge in [0.15, 0.2) is 6.29 Å². The molecule has 6 heteroatoms. The number of hydrogen-bond acceptors (Lipinski definition) is 4. The molecule has 2 aromatic rings. The molecule has 0 saturated carbocycles. The Hall–Kier alpha value is -3.28. The van der Waals surface area contributed by atoms with Crippen LogP contribution >= 0.6 is 0 Å². The average molecular weight is 406 g/mol. The van der Waals surface area contributed by atoms with Gasteiger partial charge in [-0.2, -0.15) is 0 Å². The lowest BCUT2D eigenvalue weighted by molar-refractivity contribution is 0.0604. The van der Waals surface area contributed by atoms with Crippen LogP contribution in [0.5, 0.6) is 0 Å². The van der Waals surface area contributed by atoms with Crippen LogP contribution in [0.15, 0.2) is 48.5 Å². The van der Waals surface area contributed by atoms with Crippen LogP contribution in [0, 0.1) is 5.92 Å². The minimum atomic E-state index is -0.280. The van der Waals surface area contributed by atoms with E-state index in [1.807, 2.05) is 0 Å². The molecule has 3 amide bonds. The molecule has 0 spiro atoms. The predicted molar refractivity (Wildman–Crippen MR) is 114 cm³/mol. The fourth-order valence-electron chi connectivity index (χ4n) is 3.87. The van der Waals surface area contributed by atoms with E-state index in [9.17, 15) is 19.2 Å². The highest BCUT2D eigenvalue weighted by Gasteiger charge is 2.36. The van der Waals surface area contributed by atoms with Crippen molar-refractivity contribution < 1.29 is 19.2 Å². The molecule has 1 atom stereocenters. The van der Waals surface area contributed by atoms with E-state index in [-0.39, 0.29) is 30.2 Å². The first-order valence-corrected chi connectivity index (χ1v) is 10.2. The van der Waals surface area contributed by atoms with E-state index in [1.54, 1.807) is 60.5 Å². The van der Waals surface area contributed by atoms with Gasteiger partial charge in [0, 0.05) is 25.7 Å². The zero-order valence-electron chi connectivity index (χ0n) is 17.3. The van der Waals surface area contributed by atoms with Crippen LogP contribution in [-0.2, 0) is 0 Å². The number of rotatable bonds is 9. The van der Waals surface area contributed by atoms with Crippen molar-refractivity contribution in [1.82, 2.24) is 9.80 Å². The molecule has 0 fully saturated rings. The van der Waals surface area contributed by atoms with Gasteiger partial charge < -0.3 is 4.90 Å². The molecule has 0 N–H and O–H groups in total. The van der Waals surface area contributed by atoms with E-state index >= 15 is 0 Å². The summed E-state index contributed by atoms with van der Waals surface area (Å²) in [6.45, 7) is 2.73. The minimum absolute atomic E-state index is 0.0514. The summed E-state index contributed by atoms with van der Waals surface area (Å²) < 4.78 is 0. The fourth-order valence-corrected chi connectivity index (χ4v) is 3.87. The van der Waals surface area contributed by atoms with Crippen molar-refractivity contribution in [3.63, 3.8) is 0 Å². The van der Waals surface area contributed by atoms with E-state index in [1.165, 1.54) is 4.90 Å². The van der Waals surface area contributed by atoms with E-state index in [0.717, 1.165) is 19.3 Å². The Kier molecular flexibility index (Phi) is 6.77. The summed E-state index contributed by atoms with van der Waals surface area (Å²) in [6, 6.07) is 13.5.